The Labute approximate surface area is 162 Å². The molecule has 1 fully saturated rings. The SMILES string of the molecule is CC(C(=O)N1CCc2c(-c3ccccc3)nn(C)c2CC1)N1CCCCC1. The molecule has 27 heavy (non-hydrogen) atoms. The largest absolute Gasteiger partial charge is 0.341 e. The van der Waals surface area contributed by atoms with Gasteiger partial charge in [-0.2, -0.15) is 5.10 Å². The summed E-state index contributed by atoms with van der Waals surface area (Å²) in [5.74, 6) is 0.291. The van der Waals surface area contributed by atoms with Crippen LogP contribution in [0.2, 0.25) is 0 Å². The minimum atomic E-state index is -0.00164. The predicted molar refractivity (Wildman–Crippen MR) is 108 cm³/mol. The number of piperidine rings is 1. The number of aryl methyl sites for hydroxylation is 1. The van der Waals surface area contributed by atoms with Crippen LogP contribution >= 0.6 is 0 Å². The van der Waals surface area contributed by atoms with E-state index in [1.54, 1.807) is 0 Å². The van der Waals surface area contributed by atoms with Crippen molar-refractivity contribution in [3.63, 3.8) is 0 Å². The molecule has 2 aliphatic rings. The van der Waals surface area contributed by atoms with Crippen molar-refractivity contribution >= 4 is 5.91 Å². The zero-order valence-corrected chi connectivity index (χ0v) is 16.5. The molecule has 0 N–H and O–H groups in total. The number of amides is 1. The Morgan fingerprint density at radius 2 is 1.70 bits per heavy atom. The fourth-order valence-corrected chi connectivity index (χ4v) is 4.55. The highest BCUT2D eigenvalue weighted by Crippen LogP contribution is 2.28. The number of carbonyl (C=O) groups is 1. The molecule has 4 rings (SSSR count). The molecule has 0 radical (unpaired) electrons. The van der Waals surface area contributed by atoms with Crippen molar-refractivity contribution in [3.8, 4) is 11.3 Å². The molecule has 2 aromatic rings. The lowest BCUT2D eigenvalue weighted by molar-refractivity contribution is -0.136. The Morgan fingerprint density at radius 3 is 2.44 bits per heavy atom. The van der Waals surface area contributed by atoms with Gasteiger partial charge in [0, 0.05) is 43.4 Å². The molecule has 0 aliphatic carbocycles. The molecule has 2 aliphatic heterocycles. The Hall–Kier alpha value is -2.14. The van der Waals surface area contributed by atoms with Crippen LogP contribution in [0.5, 0.6) is 0 Å². The molecule has 1 aromatic carbocycles. The normalized spacial score (nSPS) is 19.4. The summed E-state index contributed by atoms with van der Waals surface area (Å²) in [4.78, 5) is 17.6. The highest BCUT2D eigenvalue weighted by Gasteiger charge is 2.29. The molecule has 0 saturated carbocycles. The zero-order valence-electron chi connectivity index (χ0n) is 16.5. The summed E-state index contributed by atoms with van der Waals surface area (Å²) in [5, 5.41) is 4.79. The molecule has 0 bridgehead atoms. The summed E-state index contributed by atoms with van der Waals surface area (Å²) < 4.78 is 2.01. The monoisotopic (exact) mass is 366 g/mol. The van der Waals surface area contributed by atoms with Gasteiger partial charge in [-0.3, -0.25) is 14.4 Å². The topological polar surface area (TPSA) is 41.4 Å². The van der Waals surface area contributed by atoms with Gasteiger partial charge in [0.25, 0.3) is 0 Å². The first-order valence-electron chi connectivity index (χ1n) is 10.3. The molecule has 1 atom stereocenters. The molecule has 1 aromatic heterocycles. The number of hydrogen-bond acceptors (Lipinski definition) is 3. The molecule has 1 unspecified atom stereocenters. The first kappa shape index (κ1) is 18.2. The molecule has 144 valence electrons. The van der Waals surface area contributed by atoms with Crippen molar-refractivity contribution < 1.29 is 4.79 Å². The van der Waals surface area contributed by atoms with Gasteiger partial charge in [0.2, 0.25) is 5.91 Å². The lowest BCUT2D eigenvalue weighted by Crippen LogP contribution is -2.49. The number of rotatable bonds is 3. The van der Waals surface area contributed by atoms with E-state index in [1.807, 2.05) is 17.8 Å². The lowest BCUT2D eigenvalue weighted by Gasteiger charge is -2.34. The first-order chi connectivity index (χ1) is 13.1. The van der Waals surface area contributed by atoms with Crippen molar-refractivity contribution in [2.24, 2.45) is 7.05 Å². The zero-order chi connectivity index (χ0) is 18.8. The van der Waals surface area contributed by atoms with Gasteiger partial charge < -0.3 is 4.90 Å². The quantitative estimate of drug-likeness (QED) is 0.839. The number of aromatic nitrogens is 2. The fourth-order valence-electron chi connectivity index (χ4n) is 4.55. The Bertz CT molecular complexity index is 792. The van der Waals surface area contributed by atoms with Crippen LogP contribution in [-0.4, -0.2) is 57.7 Å². The third-order valence-corrected chi connectivity index (χ3v) is 6.18. The first-order valence-corrected chi connectivity index (χ1v) is 10.3. The minimum Gasteiger partial charge on any atom is -0.341 e. The lowest BCUT2D eigenvalue weighted by atomic mass is 10.0. The van der Waals surface area contributed by atoms with Gasteiger partial charge >= 0.3 is 0 Å². The number of carbonyl (C=O) groups excluding carboxylic acids is 1. The average Bonchev–Trinajstić information content (AvgIpc) is 2.89. The summed E-state index contributed by atoms with van der Waals surface area (Å²) >= 11 is 0. The maximum absolute atomic E-state index is 13.1. The Kier molecular flexibility index (Phi) is 5.30. The van der Waals surface area contributed by atoms with E-state index < -0.39 is 0 Å². The molecular weight excluding hydrogens is 336 g/mol. The van der Waals surface area contributed by atoms with Gasteiger partial charge in [-0.05, 0) is 39.3 Å². The van der Waals surface area contributed by atoms with E-state index in [9.17, 15) is 4.79 Å². The predicted octanol–water partition coefficient (Wildman–Crippen LogP) is 2.89. The summed E-state index contributed by atoms with van der Waals surface area (Å²) in [6.07, 6.45) is 5.49. The number of likely N-dealkylation sites (tertiary alicyclic amines) is 1. The van der Waals surface area contributed by atoms with Crippen molar-refractivity contribution in [2.75, 3.05) is 26.2 Å². The maximum atomic E-state index is 13.1. The van der Waals surface area contributed by atoms with Gasteiger partial charge in [0.15, 0.2) is 0 Å². The van der Waals surface area contributed by atoms with Crippen LogP contribution in [0.15, 0.2) is 30.3 Å². The van der Waals surface area contributed by atoms with Gasteiger partial charge in [0.1, 0.15) is 0 Å². The maximum Gasteiger partial charge on any atom is 0.239 e. The second-order valence-corrected chi connectivity index (χ2v) is 7.86. The minimum absolute atomic E-state index is 0.00164. The van der Waals surface area contributed by atoms with Crippen molar-refractivity contribution in [1.82, 2.24) is 19.6 Å². The van der Waals surface area contributed by atoms with Crippen LogP contribution in [0.4, 0.5) is 0 Å². The third kappa shape index (κ3) is 3.65. The van der Waals surface area contributed by atoms with Gasteiger partial charge in [0.05, 0.1) is 11.7 Å². The number of hydrogen-bond donors (Lipinski definition) is 0. The number of benzene rings is 1. The van der Waals surface area contributed by atoms with E-state index >= 15 is 0 Å². The van der Waals surface area contributed by atoms with E-state index in [4.69, 9.17) is 5.10 Å². The van der Waals surface area contributed by atoms with E-state index in [0.29, 0.717) is 5.91 Å². The van der Waals surface area contributed by atoms with Crippen LogP contribution < -0.4 is 0 Å². The second-order valence-electron chi connectivity index (χ2n) is 7.86. The van der Waals surface area contributed by atoms with E-state index in [-0.39, 0.29) is 6.04 Å². The van der Waals surface area contributed by atoms with E-state index in [1.165, 1.54) is 30.5 Å². The van der Waals surface area contributed by atoms with E-state index in [2.05, 4.69) is 41.0 Å². The standard InChI is InChI=1S/C22H30N4O/c1-17(25-13-7-4-8-14-25)22(27)26-15-11-19-20(12-16-26)24(2)23-21(19)18-9-5-3-6-10-18/h3,5-6,9-10,17H,4,7-8,11-16H2,1-2H3. The number of nitrogens with zero attached hydrogens (tertiary/aromatic N) is 4. The third-order valence-electron chi connectivity index (χ3n) is 6.18. The van der Waals surface area contributed by atoms with Gasteiger partial charge in [-0.1, -0.05) is 36.8 Å². The van der Waals surface area contributed by atoms with Crippen LogP contribution in [0.3, 0.4) is 0 Å². The summed E-state index contributed by atoms with van der Waals surface area (Å²) in [7, 11) is 2.03. The van der Waals surface area contributed by atoms with Crippen LogP contribution in [-0.2, 0) is 24.7 Å². The summed E-state index contributed by atoms with van der Waals surface area (Å²) in [6, 6.07) is 10.4. The molecule has 1 amide bonds. The Balaban J connectivity index is 1.51. The Morgan fingerprint density at radius 1 is 1.00 bits per heavy atom. The van der Waals surface area contributed by atoms with E-state index in [0.717, 1.165) is 50.3 Å². The molecule has 3 heterocycles. The molecule has 0 spiro atoms. The molecular formula is C22H30N4O. The smallest absolute Gasteiger partial charge is 0.239 e. The van der Waals surface area contributed by atoms with Crippen LogP contribution in [0.1, 0.15) is 37.4 Å². The fraction of sp³-hybridized carbons (Fsp3) is 0.545. The van der Waals surface area contributed by atoms with Crippen molar-refractivity contribution in [1.29, 1.82) is 0 Å². The number of fused-ring (bicyclic) bond motifs is 1. The molecule has 1 saturated heterocycles. The molecule has 5 nitrogen and oxygen atoms in total. The van der Waals surface area contributed by atoms with Gasteiger partial charge in [-0.15, -0.1) is 0 Å². The molecule has 5 heteroatoms. The summed E-state index contributed by atoms with van der Waals surface area (Å²) in [5.41, 5.74) is 4.82. The second kappa shape index (κ2) is 7.85. The van der Waals surface area contributed by atoms with Crippen molar-refractivity contribution in [2.45, 2.75) is 45.1 Å². The van der Waals surface area contributed by atoms with Crippen molar-refractivity contribution in [3.05, 3.63) is 41.6 Å². The average molecular weight is 367 g/mol. The van der Waals surface area contributed by atoms with Crippen LogP contribution in [0.25, 0.3) is 11.3 Å². The van der Waals surface area contributed by atoms with Crippen LogP contribution in [0, 0.1) is 0 Å². The van der Waals surface area contributed by atoms with Gasteiger partial charge in [-0.25, -0.2) is 0 Å². The summed E-state index contributed by atoms with van der Waals surface area (Å²) in [6.45, 7) is 5.78. The highest BCUT2D eigenvalue weighted by molar-refractivity contribution is 5.81. The highest BCUT2D eigenvalue weighted by atomic mass is 16.2.